The fourth-order valence-electron chi connectivity index (χ4n) is 1.91. The van der Waals surface area contributed by atoms with Gasteiger partial charge in [-0.05, 0) is 36.6 Å². The third-order valence-corrected chi connectivity index (χ3v) is 2.53. The van der Waals surface area contributed by atoms with Crippen LogP contribution in [0.5, 0.6) is 0 Å². The van der Waals surface area contributed by atoms with E-state index in [2.05, 4.69) is 34.5 Å². The third kappa shape index (κ3) is 1.20. The highest BCUT2D eigenvalue weighted by Crippen LogP contribution is 2.42. The molecule has 2 rings (SSSR count). The number of hydrogen-bond acceptors (Lipinski definition) is 2. The Hall–Kier alpha value is -0.720. The Morgan fingerprint density at radius 2 is 2.55 bits per heavy atom. The van der Waals surface area contributed by atoms with Crippen LogP contribution in [0.15, 0.2) is 28.9 Å². The van der Waals surface area contributed by atoms with Gasteiger partial charge in [-0.25, -0.2) is 4.99 Å². The van der Waals surface area contributed by atoms with Crippen molar-refractivity contribution in [3.8, 4) is 0 Å². The van der Waals surface area contributed by atoms with Crippen molar-refractivity contribution in [3.05, 3.63) is 23.9 Å². The van der Waals surface area contributed by atoms with Crippen LogP contribution in [0.2, 0.25) is 0 Å². The van der Waals surface area contributed by atoms with E-state index >= 15 is 0 Å². The summed E-state index contributed by atoms with van der Waals surface area (Å²) in [6.07, 6.45) is 8.93. The Morgan fingerprint density at radius 3 is 3.09 bits per heavy atom. The molecule has 2 unspecified atom stereocenters. The topological polar surface area (TPSA) is 12.4 Å². The SMILES string of the molecule is S=C=N/C=C1\CC2C=CC1C2. The van der Waals surface area contributed by atoms with E-state index in [4.69, 9.17) is 0 Å². The maximum atomic E-state index is 4.49. The van der Waals surface area contributed by atoms with Crippen LogP contribution in [0.1, 0.15) is 12.8 Å². The summed E-state index contributed by atoms with van der Waals surface area (Å²) in [6, 6.07) is 0. The molecule has 56 valence electrons. The first-order valence-electron chi connectivity index (χ1n) is 3.84. The number of isothiocyanates is 1. The third-order valence-electron chi connectivity index (χ3n) is 2.43. The predicted molar refractivity (Wildman–Crippen MR) is 48.5 cm³/mol. The number of aliphatic imine (C=N–C) groups is 1. The zero-order chi connectivity index (χ0) is 7.68. The Balaban J connectivity index is 2.19. The number of thiocarbonyl (C=S) groups is 1. The minimum Gasteiger partial charge on any atom is -0.203 e. The van der Waals surface area contributed by atoms with Crippen molar-refractivity contribution in [1.82, 2.24) is 0 Å². The molecule has 0 amide bonds. The van der Waals surface area contributed by atoms with Crippen LogP contribution in [-0.2, 0) is 0 Å². The average Bonchev–Trinajstić information content (AvgIpc) is 2.60. The highest BCUT2D eigenvalue weighted by Gasteiger charge is 2.30. The maximum Gasteiger partial charge on any atom is 0.0634 e. The van der Waals surface area contributed by atoms with Crippen LogP contribution in [0, 0.1) is 11.8 Å². The zero-order valence-electron chi connectivity index (χ0n) is 6.16. The monoisotopic (exact) mass is 163 g/mol. The molecule has 0 aromatic heterocycles. The second-order valence-electron chi connectivity index (χ2n) is 3.12. The first-order valence-corrected chi connectivity index (χ1v) is 4.25. The molecule has 0 saturated heterocycles. The van der Waals surface area contributed by atoms with Crippen molar-refractivity contribution in [2.24, 2.45) is 16.8 Å². The Bertz CT molecular complexity index is 271. The number of allylic oxidation sites excluding steroid dienone is 3. The van der Waals surface area contributed by atoms with E-state index < -0.39 is 0 Å². The summed E-state index contributed by atoms with van der Waals surface area (Å²) in [5, 5.41) is 2.36. The van der Waals surface area contributed by atoms with E-state index in [9.17, 15) is 0 Å². The summed E-state index contributed by atoms with van der Waals surface area (Å²) in [5.74, 6) is 1.44. The largest absolute Gasteiger partial charge is 0.203 e. The molecule has 2 aliphatic rings. The molecule has 11 heavy (non-hydrogen) atoms. The molecule has 0 aromatic rings. The Morgan fingerprint density at radius 1 is 1.64 bits per heavy atom. The van der Waals surface area contributed by atoms with Crippen molar-refractivity contribution < 1.29 is 0 Å². The van der Waals surface area contributed by atoms with E-state index in [0.29, 0.717) is 5.92 Å². The molecule has 0 aliphatic heterocycles. The van der Waals surface area contributed by atoms with Crippen LogP contribution in [0.4, 0.5) is 0 Å². The summed E-state index contributed by atoms with van der Waals surface area (Å²) in [4.78, 5) is 3.84. The maximum absolute atomic E-state index is 4.49. The summed E-state index contributed by atoms with van der Waals surface area (Å²) in [5.41, 5.74) is 1.43. The Labute approximate surface area is 71.5 Å². The molecule has 0 radical (unpaired) electrons. The fourth-order valence-corrected chi connectivity index (χ4v) is 1.97. The minimum atomic E-state index is 0.659. The van der Waals surface area contributed by atoms with Gasteiger partial charge in [-0.3, -0.25) is 0 Å². The highest BCUT2D eigenvalue weighted by molar-refractivity contribution is 7.78. The van der Waals surface area contributed by atoms with E-state index in [0.717, 1.165) is 5.92 Å². The Kier molecular flexibility index (Phi) is 1.72. The standard InChI is InChI=1S/C9H9NS/c11-6-10-5-9-4-7-1-2-8(9)3-7/h1-2,5,7-8H,3-4H2/b9-5+. The lowest BCUT2D eigenvalue weighted by Gasteiger charge is -2.04. The second kappa shape index (κ2) is 2.72. The van der Waals surface area contributed by atoms with Gasteiger partial charge in [0.1, 0.15) is 0 Å². The number of hydrogen-bond donors (Lipinski definition) is 0. The summed E-state index contributed by atoms with van der Waals surface area (Å²) in [7, 11) is 0. The van der Waals surface area contributed by atoms with Gasteiger partial charge in [0.25, 0.3) is 0 Å². The van der Waals surface area contributed by atoms with Gasteiger partial charge >= 0.3 is 0 Å². The molecular formula is C9H9NS. The van der Waals surface area contributed by atoms with Crippen molar-refractivity contribution in [2.45, 2.75) is 12.8 Å². The average molecular weight is 163 g/mol. The minimum absolute atomic E-state index is 0.659. The molecular weight excluding hydrogens is 154 g/mol. The molecule has 2 atom stereocenters. The summed E-state index contributed by atoms with van der Waals surface area (Å²) >= 11 is 4.49. The van der Waals surface area contributed by atoms with Gasteiger partial charge in [0, 0.05) is 12.1 Å². The van der Waals surface area contributed by atoms with Gasteiger partial charge in [-0.15, -0.1) is 0 Å². The molecule has 2 bridgehead atoms. The first-order chi connectivity index (χ1) is 5.40. The van der Waals surface area contributed by atoms with Crippen molar-refractivity contribution in [3.63, 3.8) is 0 Å². The lowest BCUT2D eigenvalue weighted by atomic mass is 10.0. The van der Waals surface area contributed by atoms with E-state index in [1.807, 2.05) is 6.20 Å². The molecule has 2 heteroatoms. The van der Waals surface area contributed by atoms with Crippen molar-refractivity contribution in [1.29, 1.82) is 0 Å². The van der Waals surface area contributed by atoms with Crippen molar-refractivity contribution >= 4 is 17.4 Å². The lowest BCUT2D eigenvalue weighted by molar-refractivity contribution is 0.693. The predicted octanol–water partition coefficient (Wildman–Crippen LogP) is 2.57. The van der Waals surface area contributed by atoms with Gasteiger partial charge in [0.2, 0.25) is 0 Å². The van der Waals surface area contributed by atoms with Crippen LogP contribution >= 0.6 is 12.2 Å². The number of nitrogens with zero attached hydrogens (tertiary/aromatic N) is 1. The highest BCUT2D eigenvalue weighted by atomic mass is 32.1. The molecule has 0 spiro atoms. The molecule has 2 aliphatic carbocycles. The van der Waals surface area contributed by atoms with E-state index in [1.165, 1.54) is 18.4 Å². The van der Waals surface area contributed by atoms with Gasteiger partial charge in [-0.2, -0.15) is 0 Å². The molecule has 0 aromatic carbocycles. The molecule has 1 nitrogen and oxygen atoms in total. The van der Waals surface area contributed by atoms with Crippen LogP contribution in [0.3, 0.4) is 0 Å². The normalized spacial score (nSPS) is 36.2. The zero-order valence-corrected chi connectivity index (χ0v) is 6.97. The summed E-state index contributed by atoms with van der Waals surface area (Å²) in [6.45, 7) is 0. The molecule has 1 saturated carbocycles. The number of rotatable bonds is 1. The smallest absolute Gasteiger partial charge is 0.0634 e. The van der Waals surface area contributed by atoms with E-state index in [1.54, 1.807) is 0 Å². The number of fused-ring (bicyclic) bond motifs is 2. The molecule has 1 fully saturated rings. The van der Waals surface area contributed by atoms with Gasteiger partial charge in [0.15, 0.2) is 0 Å². The van der Waals surface area contributed by atoms with Crippen LogP contribution < -0.4 is 0 Å². The van der Waals surface area contributed by atoms with Gasteiger partial charge in [0.05, 0.1) is 5.16 Å². The van der Waals surface area contributed by atoms with Gasteiger partial charge in [-0.1, -0.05) is 12.2 Å². The van der Waals surface area contributed by atoms with Crippen LogP contribution in [0.25, 0.3) is 0 Å². The summed E-state index contributed by atoms with van der Waals surface area (Å²) < 4.78 is 0. The second-order valence-corrected chi connectivity index (χ2v) is 3.30. The quantitative estimate of drug-likeness (QED) is 0.329. The lowest BCUT2D eigenvalue weighted by Crippen LogP contribution is -1.90. The van der Waals surface area contributed by atoms with Crippen LogP contribution in [-0.4, -0.2) is 5.16 Å². The first kappa shape index (κ1) is 6.96. The van der Waals surface area contributed by atoms with Crippen molar-refractivity contribution in [2.75, 3.05) is 0 Å². The molecule has 0 N–H and O–H groups in total. The van der Waals surface area contributed by atoms with E-state index in [-0.39, 0.29) is 0 Å². The van der Waals surface area contributed by atoms with Gasteiger partial charge < -0.3 is 0 Å². The molecule has 0 heterocycles. The fraction of sp³-hybridized carbons (Fsp3) is 0.444.